The van der Waals surface area contributed by atoms with Crippen LogP contribution in [0.2, 0.25) is 0 Å². The number of benzene rings is 1. The van der Waals surface area contributed by atoms with Gasteiger partial charge >= 0.3 is 6.18 Å². The molecule has 0 radical (unpaired) electrons. The molecular formula is C26H32F3N7O3. The van der Waals surface area contributed by atoms with Crippen LogP contribution in [0.1, 0.15) is 38.1 Å². The summed E-state index contributed by atoms with van der Waals surface area (Å²) in [6, 6.07) is 10.7. The first kappa shape index (κ1) is 27.1. The average Bonchev–Trinajstić information content (AvgIpc) is 3.37. The van der Waals surface area contributed by atoms with Gasteiger partial charge in [-0.3, -0.25) is 9.69 Å². The fraction of sp³-hybridized carbons (Fsp3) is 0.538. The number of nitrogens with zero attached hydrogens (tertiary/aromatic N) is 7. The molecule has 0 spiro atoms. The molecule has 2 saturated heterocycles. The van der Waals surface area contributed by atoms with Gasteiger partial charge in [0.05, 0.1) is 5.60 Å². The maximum Gasteiger partial charge on any atom is 0.453 e. The van der Waals surface area contributed by atoms with Crippen LogP contribution >= 0.6 is 0 Å². The Morgan fingerprint density at radius 1 is 1.03 bits per heavy atom. The van der Waals surface area contributed by atoms with Crippen LogP contribution in [0.25, 0.3) is 5.65 Å². The van der Waals surface area contributed by atoms with Crippen LogP contribution in [0, 0.1) is 0 Å². The van der Waals surface area contributed by atoms with E-state index < -0.39 is 17.6 Å². The number of carbonyl (C=O) groups is 1. The Morgan fingerprint density at radius 2 is 1.69 bits per heavy atom. The molecule has 13 heteroatoms. The number of anilines is 1. The molecule has 2 aliphatic rings. The van der Waals surface area contributed by atoms with E-state index in [9.17, 15) is 23.1 Å². The van der Waals surface area contributed by atoms with E-state index in [0.717, 1.165) is 31.7 Å². The van der Waals surface area contributed by atoms with Gasteiger partial charge in [0.15, 0.2) is 5.65 Å². The SMILES string of the molecule is CC(=O)N1CCN([C@H](C)COc2ccc(C3(O)CCN(c4ccc5nnc(C(F)(F)F)n5n4)CC3)cc2)CC1. The molecular weight excluding hydrogens is 515 g/mol. The summed E-state index contributed by atoms with van der Waals surface area (Å²) in [6.45, 7) is 8.15. The highest BCUT2D eigenvalue weighted by atomic mass is 19.4. The predicted molar refractivity (Wildman–Crippen MR) is 136 cm³/mol. The fourth-order valence-corrected chi connectivity index (χ4v) is 5.18. The van der Waals surface area contributed by atoms with Gasteiger partial charge in [0.1, 0.15) is 18.2 Å². The summed E-state index contributed by atoms with van der Waals surface area (Å²) in [5.41, 5.74) is -0.271. The molecule has 4 heterocycles. The summed E-state index contributed by atoms with van der Waals surface area (Å²) in [7, 11) is 0. The van der Waals surface area contributed by atoms with Crippen molar-refractivity contribution in [1.82, 2.24) is 29.6 Å². The maximum absolute atomic E-state index is 13.2. The largest absolute Gasteiger partial charge is 0.492 e. The van der Waals surface area contributed by atoms with E-state index in [1.807, 2.05) is 34.1 Å². The summed E-state index contributed by atoms with van der Waals surface area (Å²) in [6.07, 6.45) is -3.87. The van der Waals surface area contributed by atoms with Gasteiger partial charge in [0.2, 0.25) is 5.91 Å². The lowest BCUT2D eigenvalue weighted by atomic mass is 9.84. The normalized spacial score (nSPS) is 19.3. The van der Waals surface area contributed by atoms with Crippen molar-refractivity contribution in [3.63, 3.8) is 0 Å². The Bertz CT molecular complexity index is 1300. The first-order valence-electron chi connectivity index (χ1n) is 13.0. The van der Waals surface area contributed by atoms with Gasteiger partial charge in [-0.15, -0.1) is 15.3 Å². The zero-order valence-electron chi connectivity index (χ0n) is 21.9. The molecule has 2 fully saturated rings. The Labute approximate surface area is 224 Å². The van der Waals surface area contributed by atoms with Crippen LogP contribution in [0.4, 0.5) is 19.0 Å². The Balaban J connectivity index is 1.16. The molecule has 2 aromatic heterocycles. The van der Waals surface area contributed by atoms with Crippen molar-refractivity contribution in [2.24, 2.45) is 0 Å². The van der Waals surface area contributed by atoms with Gasteiger partial charge in [-0.25, -0.2) is 0 Å². The number of hydrogen-bond donors (Lipinski definition) is 1. The lowest BCUT2D eigenvalue weighted by Gasteiger charge is -2.39. The molecule has 2 aliphatic heterocycles. The second-order valence-electron chi connectivity index (χ2n) is 10.2. The standard InChI is InChI=1S/C26H32F3N7O3/c1-18(33-13-15-34(16-14-33)19(2)37)17-39-21-5-3-20(4-6-21)25(38)9-11-35(12-10-25)23-8-7-22-30-31-24(26(27,28)29)36(22)32-23/h3-8,18,38H,9-17H2,1-2H3/t18-/m1/s1. The van der Waals surface area contributed by atoms with Gasteiger partial charge in [-0.1, -0.05) is 12.1 Å². The highest BCUT2D eigenvalue weighted by Crippen LogP contribution is 2.35. The van der Waals surface area contributed by atoms with Crippen LogP contribution < -0.4 is 9.64 Å². The van der Waals surface area contributed by atoms with Crippen molar-refractivity contribution in [2.45, 2.75) is 44.5 Å². The molecule has 3 aromatic rings. The van der Waals surface area contributed by atoms with E-state index in [1.54, 1.807) is 13.0 Å². The molecule has 39 heavy (non-hydrogen) atoms. The van der Waals surface area contributed by atoms with Crippen molar-refractivity contribution >= 4 is 17.4 Å². The number of aromatic nitrogens is 4. The summed E-state index contributed by atoms with van der Waals surface area (Å²) >= 11 is 0. The zero-order valence-corrected chi connectivity index (χ0v) is 21.9. The fourth-order valence-electron chi connectivity index (χ4n) is 5.18. The Morgan fingerprint density at radius 3 is 2.31 bits per heavy atom. The highest BCUT2D eigenvalue weighted by Gasteiger charge is 2.38. The average molecular weight is 548 g/mol. The summed E-state index contributed by atoms with van der Waals surface area (Å²) in [5, 5.41) is 22.2. The molecule has 0 unspecified atom stereocenters. The molecule has 1 atom stereocenters. The van der Waals surface area contributed by atoms with Crippen LogP contribution in [-0.4, -0.2) is 92.5 Å². The van der Waals surface area contributed by atoms with Crippen LogP contribution in [0.15, 0.2) is 36.4 Å². The Hall–Kier alpha value is -3.45. The van der Waals surface area contributed by atoms with Gasteiger partial charge in [0, 0.05) is 52.2 Å². The third-order valence-electron chi connectivity index (χ3n) is 7.68. The minimum Gasteiger partial charge on any atom is -0.492 e. The molecule has 1 amide bonds. The number of carbonyl (C=O) groups excluding carboxylic acids is 1. The zero-order chi connectivity index (χ0) is 27.8. The predicted octanol–water partition coefficient (Wildman–Crippen LogP) is 2.56. The first-order chi connectivity index (χ1) is 18.5. The van der Waals surface area contributed by atoms with E-state index in [1.165, 1.54) is 6.07 Å². The minimum absolute atomic E-state index is 0.0202. The second kappa shape index (κ2) is 10.6. The lowest BCUT2D eigenvalue weighted by molar-refractivity contribution is -0.146. The number of hydrogen-bond acceptors (Lipinski definition) is 8. The van der Waals surface area contributed by atoms with Crippen LogP contribution in [0.5, 0.6) is 5.75 Å². The van der Waals surface area contributed by atoms with Gasteiger partial charge in [-0.2, -0.15) is 17.7 Å². The quantitative estimate of drug-likeness (QED) is 0.503. The molecule has 0 saturated carbocycles. The number of aliphatic hydroxyl groups is 1. The van der Waals surface area contributed by atoms with Crippen LogP contribution in [0.3, 0.4) is 0 Å². The maximum atomic E-state index is 13.2. The van der Waals surface area contributed by atoms with Crippen molar-refractivity contribution in [3.05, 3.63) is 47.8 Å². The number of amides is 1. The number of rotatable bonds is 6. The topological polar surface area (TPSA) is 99.3 Å². The van der Waals surface area contributed by atoms with E-state index >= 15 is 0 Å². The molecule has 210 valence electrons. The summed E-state index contributed by atoms with van der Waals surface area (Å²) in [5.74, 6) is 0.0205. The van der Waals surface area contributed by atoms with Crippen LogP contribution in [-0.2, 0) is 16.6 Å². The molecule has 0 aliphatic carbocycles. The third-order valence-corrected chi connectivity index (χ3v) is 7.68. The highest BCUT2D eigenvalue weighted by molar-refractivity contribution is 5.73. The molecule has 10 nitrogen and oxygen atoms in total. The first-order valence-corrected chi connectivity index (χ1v) is 13.0. The lowest BCUT2D eigenvalue weighted by Crippen LogP contribution is -2.52. The number of piperidine rings is 1. The summed E-state index contributed by atoms with van der Waals surface area (Å²) in [4.78, 5) is 17.5. The summed E-state index contributed by atoms with van der Waals surface area (Å²) < 4.78 is 46.4. The minimum atomic E-state index is -4.66. The number of piperazine rings is 1. The smallest absolute Gasteiger partial charge is 0.453 e. The molecule has 0 bridgehead atoms. The molecule has 1 aromatic carbocycles. The van der Waals surface area contributed by atoms with Crippen molar-refractivity contribution < 1.29 is 27.8 Å². The number of fused-ring (bicyclic) bond motifs is 1. The van der Waals surface area contributed by atoms with Crippen molar-refractivity contribution in [2.75, 3.05) is 50.8 Å². The molecule has 1 N–H and O–H groups in total. The monoisotopic (exact) mass is 547 g/mol. The van der Waals surface area contributed by atoms with Crippen molar-refractivity contribution in [3.8, 4) is 5.75 Å². The third kappa shape index (κ3) is 5.78. The second-order valence-corrected chi connectivity index (χ2v) is 10.2. The van der Waals surface area contributed by atoms with Gasteiger partial charge < -0.3 is 19.6 Å². The van der Waals surface area contributed by atoms with E-state index in [0.29, 0.717) is 48.6 Å². The number of alkyl halides is 3. The van der Waals surface area contributed by atoms with Gasteiger partial charge in [-0.05, 0) is 49.6 Å². The van der Waals surface area contributed by atoms with E-state index in [4.69, 9.17) is 4.74 Å². The van der Waals surface area contributed by atoms with E-state index in [2.05, 4.69) is 27.1 Å². The molecule has 5 rings (SSSR count). The van der Waals surface area contributed by atoms with Gasteiger partial charge in [0.25, 0.3) is 5.82 Å². The number of halogens is 3. The Kier molecular flexibility index (Phi) is 7.38. The van der Waals surface area contributed by atoms with Crippen molar-refractivity contribution in [1.29, 1.82) is 0 Å². The number of ether oxygens (including phenoxy) is 1. The van der Waals surface area contributed by atoms with E-state index in [-0.39, 0.29) is 17.6 Å².